The number of halogens is 1. The lowest BCUT2D eigenvalue weighted by Crippen LogP contribution is -3.00. The molecule has 0 aliphatic carbocycles. The topological polar surface area (TPSA) is 42.0 Å². The SMILES string of the molecule is CCCCCCCCCCCC[N+](C)(C)CC(=O)Nc1ccccn1.[Cl-]. The van der Waals surface area contributed by atoms with Crippen molar-refractivity contribution in [1.82, 2.24) is 4.98 Å². The maximum atomic E-state index is 12.1. The van der Waals surface area contributed by atoms with Gasteiger partial charge in [0, 0.05) is 6.20 Å². The third kappa shape index (κ3) is 13.1. The summed E-state index contributed by atoms with van der Waals surface area (Å²) in [6, 6.07) is 5.55. The first-order valence-electron chi connectivity index (χ1n) is 10.1. The standard InChI is InChI=1S/C21H37N3O.ClH/c1-4-5-6-7-8-9-10-11-12-15-18-24(2,3)19-21(25)23-20-16-13-14-17-22-20;/h13-14,16-17H,4-12,15,18-19H2,1-3H3;1H. The lowest BCUT2D eigenvalue weighted by Gasteiger charge is -2.29. The first-order valence-corrected chi connectivity index (χ1v) is 10.1. The van der Waals surface area contributed by atoms with Crippen LogP contribution in [0.15, 0.2) is 24.4 Å². The van der Waals surface area contributed by atoms with Crippen LogP contribution in [0, 0.1) is 0 Å². The summed E-state index contributed by atoms with van der Waals surface area (Å²) in [6.45, 7) is 3.81. The Kier molecular flexibility index (Phi) is 14.3. The number of carbonyl (C=O) groups excluding carboxylic acids is 1. The molecule has 0 saturated heterocycles. The molecule has 0 aliphatic rings. The number of pyridine rings is 1. The van der Waals surface area contributed by atoms with Crippen LogP contribution in [0.5, 0.6) is 0 Å². The minimum Gasteiger partial charge on any atom is -1.00 e. The van der Waals surface area contributed by atoms with Gasteiger partial charge in [-0.05, 0) is 25.0 Å². The van der Waals surface area contributed by atoms with E-state index in [1.165, 1.54) is 64.2 Å². The van der Waals surface area contributed by atoms with Crippen molar-refractivity contribution in [1.29, 1.82) is 0 Å². The highest BCUT2D eigenvalue weighted by atomic mass is 35.5. The zero-order valence-corrected chi connectivity index (χ0v) is 17.7. The summed E-state index contributed by atoms with van der Waals surface area (Å²) in [5.41, 5.74) is 0. The third-order valence-electron chi connectivity index (χ3n) is 4.62. The molecule has 150 valence electrons. The van der Waals surface area contributed by atoms with Gasteiger partial charge in [-0.1, -0.05) is 64.4 Å². The highest BCUT2D eigenvalue weighted by Crippen LogP contribution is 2.12. The second-order valence-corrected chi connectivity index (χ2v) is 7.76. The van der Waals surface area contributed by atoms with Gasteiger partial charge < -0.3 is 22.2 Å². The molecule has 1 aromatic rings. The summed E-state index contributed by atoms with van der Waals surface area (Å²) in [5, 5.41) is 2.87. The minimum absolute atomic E-state index is 0. The molecule has 0 atom stereocenters. The van der Waals surface area contributed by atoms with Crippen molar-refractivity contribution in [3.05, 3.63) is 24.4 Å². The van der Waals surface area contributed by atoms with E-state index in [0.29, 0.717) is 12.4 Å². The van der Waals surface area contributed by atoms with E-state index in [2.05, 4.69) is 31.3 Å². The monoisotopic (exact) mass is 383 g/mol. The summed E-state index contributed by atoms with van der Waals surface area (Å²) in [6.07, 6.45) is 15.2. The molecule has 4 nitrogen and oxygen atoms in total. The van der Waals surface area contributed by atoms with Crippen molar-refractivity contribution in [2.45, 2.75) is 71.1 Å². The van der Waals surface area contributed by atoms with Gasteiger partial charge in [0.2, 0.25) is 0 Å². The molecule has 1 rings (SSSR count). The second-order valence-electron chi connectivity index (χ2n) is 7.76. The number of aromatic nitrogens is 1. The Morgan fingerprint density at radius 3 is 2.08 bits per heavy atom. The highest BCUT2D eigenvalue weighted by Gasteiger charge is 2.19. The molecular formula is C21H38ClN3O. The van der Waals surface area contributed by atoms with E-state index in [4.69, 9.17) is 0 Å². The second kappa shape index (κ2) is 15.0. The molecule has 26 heavy (non-hydrogen) atoms. The Morgan fingerprint density at radius 1 is 0.962 bits per heavy atom. The Bertz CT molecular complexity index is 466. The number of nitrogens with one attached hydrogen (secondary N) is 1. The maximum Gasteiger partial charge on any atom is 0.280 e. The van der Waals surface area contributed by atoms with Gasteiger partial charge in [-0.2, -0.15) is 0 Å². The van der Waals surface area contributed by atoms with Gasteiger partial charge in [-0.15, -0.1) is 0 Å². The summed E-state index contributed by atoms with van der Waals surface area (Å²) in [4.78, 5) is 16.3. The number of unbranched alkanes of at least 4 members (excludes halogenated alkanes) is 9. The molecule has 0 bridgehead atoms. The molecule has 1 heterocycles. The normalized spacial score (nSPS) is 11.0. The highest BCUT2D eigenvalue weighted by molar-refractivity contribution is 5.90. The molecule has 1 amide bonds. The van der Waals surface area contributed by atoms with Crippen LogP contribution in [0.4, 0.5) is 5.82 Å². The smallest absolute Gasteiger partial charge is 0.280 e. The number of hydrogen-bond acceptors (Lipinski definition) is 2. The fourth-order valence-corrected chi connectivity index (χ4v) is 3.11. The molecule has 0 spiro atoms. The first-order chi connectivity index (χ1) is 12.0. The predicted octanol–water partition coefficient (Wildman–Crippen LogP) is 2.02. The van der Waals surface area contributed by atoms with Crippen molar-refractivity contribution < 1.29 is 21.7 Å². The number of carbonyl (C=O) groups is 1. The van der Waals surface area contributed by atoms with Crippen LogP contribution in [-0.4, -0.2) is 42.6 Å². The molecule has 0 saturated carbocycles. The minimum atomic E-state index is 0. The Hall–Kier alpha value is -1.13. The number of rotatable bonds is 14. The fraction of sp³-hybridized carbons (Fsp3) is 0.714. The molecule has 1 N–H and O–H groups in total. The summed E-state index contributed by atoms with van der Waals surface area (Å²) >= 11 is 0. The molecule has 0 unspecified atom stereocenters. The van der Waals surface area contributed by atoms with Gasteiger partial charge in [0.25, 0.3) is 5.91 Å². The maximum absolute atomic E-state index is 12.1. The van der Waals surface area contributed by atoms with E-state index in [9.17, 15) is 4.79 Å². The molecule has 0 aliphatic heterocycles. The lowest BCUT2D eigenvalue weighted by molar-refractivity contribution is -0.882. The van der Waals surface area contributed by atoms with Crippen LogP contribution in [0.25, 0.3) is 0 Å². The van der Waals surface area contributed by atoms with E-state index >= 15 is 0 Å². The van der Waals surface area contributed by atoms with Crippen molar-refractivity contribution in [2.24, 2.45) is 0 Å². The number of quaternary nitrogens is 1. The summed E-state index contributed by atoms with van der Waals surface area (Å²) in [5.74, 6) is 0.669. The predicted molar refractivity (Wildman–Crippen MR) is 107 cm³/mol. The van der Waals surface area contributed by atoms with Crippen molar-refractivity contribution in [2.75, 3.05) is 32.5 Å². The molecule has 0 aromatic carbocycles. The van der Waals surface area contributed by atoms with Gasteiger partial charge in [0.05, 0.1) is 20.6 Å². The number of nitrogens with zero attached hydrogens (tertiary/aromatic N) is 2. The van der Waals surface area contributed by atoms with Gasteiger partial charge in [0.1, 0.15) is 5.82 Å². The average molecular weight is 384 g/mol. The van der Waals surface area contributed by atoms with Crippen molar-refractivity contribution in [3.8, 4) is 0 Å². The van der Waals surface area contributed by atoms with E-state index < -0.39 is 0 Å². The Labute approximate surface area is 166 Å². The average Bonchev–Trinajstić information content (AvgIpc) is 2.57. The van der Waals surface area contributed by atoms with Gasteiger partial charge >= 0.3 is 0 Å². The van der Waals surface area contributed by atoms with Crippen LogP contribution < -0.4 is 17.7 Å². The number of hydrogen-bond donors (Lipinski definition) is 1. The largest absolute Gasteiger partial charge is 1.00 e. The molecule has 5 heteroatoms. The zero-order valence-electron chi connectivity index (χ0n) is 17.0. The summed E-state index contributed by atoms with van der Waals surface area (Å²) in [7, 11) is 4.26. The van der Waals surface area contributed by atoms with Crippen LogP contribution >= 0.6 is 0 Å². The third-order valence-corrected chi connectivity index (χ3v) is 4.62. The van der Waals surface area contributed by atoms with Crippen molar-refractivity contribution >= 4 is 11.7 Å². The Balaban J connectivity index is 0.00000625. The fourth-order valence-electron chi connectivity index (χ4n) is 3.11. The molecule has 0 fully saturated rings. The van der Waals surface area contributed by atoms with Crippen LogP contribution in [-0.2, 0) is 4.79 Å². The number of likely N-dealkylation sites (N-methyl/N-ethyl adjacent to an activating group) is 1. The molecular weight excluding hydrogens is 346 g/mol. The van der Waals surface area contributed by atoms with Crippen LogP contribution in [0.3, 0.4) is 0 Å². The van der Waals surface area contributed by atoms with E-state index in [1.54, 1.807) is 6.20 Å². The van der Waals surface area contributed by atoms with Gasteiger partial charge in [0.15, 0.2) is 6.54 Å². The zero-order chi connectivity index (χ0) is 18.4. The van der Waals surface area contributed by atoms with Crippen LogP contribution in [0.2, 0.25) is 0 Å². The first kappa shape index (κ1) is 24.9. The van der Waals surface area contributed by atoms with Gasteiger partial charge in [-0.3, -0.25) is 4.79 Å². The van der Waals surface area contributed by atoms with E-state index in [0.717, 1.165) is 11.0 Å². The van der Waals surface area contributed by atoms with Gasteiger partial charge in [-0.25, -0.2) is 4.98 Å². The van der Waals surface area contributed by atoms with E-state index in [1.807, 2.05) is 18.2 Å². The Morgan fingerprint density at radius 2 is 1.54 bits per heavy atom. The molecule has 0 radical (unpaired) electrons. The molecule has 1 aromatic heterocycles. The van der Waals surface area contributed by atoms with E-state index in [-0.39, 0.29) is 18.3 Å². The van der Waals surface area contributed by atoms with Crippen LogP contribution in [0.1, 0.15) is 71.1 Å². The number of anilines is 1. The summed E-state index contributed by atoms with van der Waals surface area (Å²) < 4.78 is 0.732. The quantitative estimate of drug-likeness (QED) is 0.394. The lowest BCUT2D eigenvalue weighted by atomic mass is 10.1. The van der Waals surface area contributed by atoms with Crippen molar-refractivity contribution in [3.63, 3.8) is 0 Å². The number of amides is 1.